The molecule has 1 aliphatic heterocycles. The molecule has 0 saturated carbocycles. The van der Waals surface area contributed by atoms with Gasteiger partial charge in [0.05, 0.1) is 18.5 Å². The second-order valence-electron chi connectivity index (χ2n) is 6.98. The van der Waals surface area contributed by atoms with Gasteiger partial charge in [-0.25, -0.2) is 9.50 Å². The number of imidazole rings is 1. The van der Waals surface area contributed by atoms with Gasteiger partial charge in [-0.3, -0.25) is 0 Å². The third-order valence-corrected chi connectivity index (χ3v) is 4.95. The molecule has 0 aliphatic carbocycles. The zero-order valence-electron chi connectivity index (χ0n) is 14.9. The molecule has 130 valence electrons. The standard InChI is InChI=1S/C20H24N4O/c1-15-6-3-4-8-17(15)18-12-21-19-9-10-20(22-24(18)19)25-14-16-7-5-11-23(2)13-16/h3-4,6,8-10,12,16H,5,7,11,13-14H2,1-2H3. The van der Waals surface area contributed by atoms with E-state index in [1.165, 1.54) is 24.9 Å². The summed E-state index contributed by atoms with van der Waals surface area (Å²) in [6, 6.07) is 12.2. The first-order chi connectivity index (χ1) is 12.2. The Kier molecular flexibility index (Phi) is 4.40. The Hall–Kier alpha value is -2.40. The van der Waals surface area contributed by atoms with Crippen molar-refractivity contribution < 1.29 is 4.74 Å². The van der Waals surface area contributed by atoms with Crippen molar-refractivity contribution in [1.82, 2.24) is 19.5 Å². The fourth-order valence-corrected chi connectivity index (χ4v) is 3.59. The minimum absolute atomic E-state index is 0.579. The minimum atomic E-state index is 0.579. The van der Waals surface area contributed by atoms with Crippen LogP contribution in [0.3, 0.4) is 0 Å². The van der Waals surface area contributed by atoms with Crippen molar-refractivity contribution in [3.8, 4) is 17.1 Å². The molecule has 0 bridgehead atoms. The monoisotopic (exact) mass is 336 g/mol. The summed E-state index contributed by atoms with van der Waals surface area (Å²) < 4.78 is 7.89. The molecule has 1 unspecified atom stereocenters. The quantitative estimate of drug-likeness (QED) is 0.732. The molecule has 1 saturated heterocycles. The highest BCUT2D eigenvalue weighted by atomic mass is 16.5. The first-order valence-corrected chi connectivity index (χ1v) is 8.93. The molecule has 1 fully saturated rings. The number of aromatic nitrogens is 3. The van der Waals surface area contributed by atoms with Crippen LogP contribution in [0.4, 0.5) is 0 Å². The van der Waals surface area contributed by atoms with Crippen molar-refractivity contribution in [2.45, 2.75) is 19.8 Å². The first kappa shape index (κ1) is 16.1. The van der Waals surface area contributed by atoms with Crippen molar-refractivity contribution in [2.75, 3.05) is 26.7 Å². The molecule has 1 atom stereocenters. The Morgan fingerprint density at radius 3 is 2.92 bits per heavy atom. The van der Waals surface area contributed by atoms with Crippen LogP contribution in [-0.4, -0.2) is 46.2 Å². The maximum Gasteiger partial charge on any atom is 0.231 e. The van der Waals surface area contributed by atoms with Crippen molar-refractivity contribution in [2.24, 2.45) is 5.92 Å². The van der Waals surface area contributed by atoms with Gasteiger partial charge in [-0.1, -0.05) is 24.3 Å². The van der Waals surface area contributed by atoms with Crippen molar-refractivity contribution >= 4 is 5.65 Å². The lowest BCUT2D eigenvalue weighted by molar-refractivity contribution is 0.146. The van der Waals surface area contributed by atoms with Crippen LogP contribution in [0.2, 0.25) is 0 Å². The molecule has 0 spiro atoms. The normalized spacial score (nSPS) is 18.6. The van der Waals surface area contributed by atoms with E-state index in [9.17, 15) is 0 Å². The second kappa shape index (κ2) is 6.84. The Bertz CT molecular complexity index is 873. The van der Waals surface area contributed by atoms with Crippen LogP contribution >= 0.6 is 0 Å². The fraction of sp³-hybridized carbons (Fsp3) is 0.400. The van der Waals surface area contributed by atoms with Gasteiger partial charge in [-0.2, -0.15) is 0 Å². The van der Waals surface area contributed by atoms with Gasteiger partial charge < -0.3 is 9.64 Å². The van der Waals surface area contributed by atoms with Gasteiger partial charge in [-0.15, -0.1) is 5.10 Å². The summed E-state index contributed by atoms with van der Waals surface area (Å²) >= 11 is 0. The summed E-state index contributed by atoms with van der Waals surface area (Å²) in [4.78, 5) is 6.85. The number of hydrogen-bond donors (Lipinski definition) is 0. The molecule has 5 nitrogen and oxygen atoms in total. The third kappa shape index (κ3) is 3.37. The molecule has 4 rings (SSSR count). The van der Waals surface area contributed by atoms with Gasteiger partial charge in [0, 0.05) is 24.1 Å². The van der Waals surface area contributed by atoms with Gasteiger partial charge in [0.25, 0.3) is 0 Å². The van der Waals surface area contributed by atoms with Crippen LogP contribution in [0.15, 0.2) is 42.6 Å². The predicted molar refractivity (Wildman–Crippen MR) is 98.9 cm³/mol. The maximum absolute atomic E-state index is 6.01. The van der Waals surface area contributed by atoms with Gasteiger partial charge in [0.1, 0.15) is 0 Å². The molecule has 3 heterocycles. The molecule has 0 N–H and O–H groups in total. The Labute approximate surface area is 148 Å². The number of likely N-dealkylation sites (tertiary alicyclic amines) is 1. The van der Waals surface area contributed by atoms with E-state index in [0.29, 0.717) is 11.8 Å². The predicted octanol–water partition coefficient (Wildman–Crippen LogP) is 3.43. The molecule has 1 aliphatic rings. The number of ether oxygens (including phenoxy) is 1. The zero-order chi connectivity index (χ0) is 17.2. The van der Waals surface area contributed by atoms with Gasteiger partial charge in [0.2, 0.25) is 5.88 Å². The molecule has 5 heteroatoms. The van der Waals surface area contributed by atoms with Gasteiger partial charge in [0.15, 0.2) is 5.65 Å². The van der Waals surface area contributed by atoms with Crippen LogP contribution in [0.25, 0.3) is 16.9 Å². The summed E-state index contributed by atoms with van der Waals surface area (Å²) in [5.41, 5.74) is 4.19. The highest BCUT2D eigenvalue weighted by Crippen LogP contribution is 2.24. The van der Waals surface area contributed by atoms with E-state index < -0.39 is 0 Å². The van der Waals surface area contributed by atoms with Crippen LogP contribution < -0.4 is 4.74 Å². The van der Waals surface area contributed by atoms with E-state index in [0.717, 1.165) is 30.1 Å². The highest BCUT2D eigenvalue weighted by molar-refractivity contribution is 5.66. The minimum Gasteiger partial charge on any atom is -0.476 e. The highest BCUT2D eigenvalue weighted by Gasteiger charge is 2.18. The summed E-state index contributed by atoms with van der Waals surface area (Å²) in [6.45, 7) is 5.11. The molecule has 3 aromatic rings. The number of piperidine rings is 1. The van der Waals surface area contributed by atoms with E-state index >= 15 is 0 Å². The summed E-state index contributed by atoms with van der Waals surface area (Å²) in [6.07, 6.45) is 4.35. The zero-order valence-corrected chi connectivity index (χ0v) is 14.9. The lowest BCUT2D eigenvalue weighted by atomic mass is 10.00. The van der Waals surface area contributed by atoms with E-state index in [2.05, 4.69) is 41.1 Å². The fourth-order valence-electron chi connectivity index (χ4n) is 3.59. The van der Waals surface area contributed by atoms with Crippen LogP contribution in [0.5, 0.6) is 5.88 Å². The Morgan fingerprint density at radius 1 is 1.20 bits per heavy atom. The largest absolute Gasteiger partial charge is 0.476 e. The molecule has 25 heavy (non-hydrogen) atoms. The second-order valence-corrected chi connectivity index (χ2v) is 6.98. The third-order valence-electron chi connectivity index (χ3n) is 4.95. The molecular weight excluding hydrogens is 312 g/mol. The smallest absolute Gasteiger partial charge is 0.231 e. The SMILES string of the molecule is Cc1ccccc1-c1cnc2ccc(OCC3CCCN(C)C3)nn12. The number of hydrogen-bond acceptors (Lipinski definition) is 4. The van der Waals surface area contributed by atoms with E-state index in [1.807, 2.05) is 35.0 Å². The summed E-state index contributed by atoms with van der Waals surface area (Å²) in [7, 11) is 2.18. The average Bonchev–Trinajstić information content (AvgIpc) is 3.03. The number of nitrogens with zero attached hydrogens (tertiary/aromatic N) is 4. The van der Waals surface area contributed by atoms with E-state index in [-0.39, 0.29) is 0 Å². The lowest BCUT2D eigenvalue weighted by Gasteiger charge is -2.29. The number of fused-ring (bicyclic) bond motifs is 1. The molecule has 0 radical (unpaired) electrons. The van der Waals surface area contributed by atoms with E-state index in [1.54, 1.807) is 0 Å². The van der Waals surface area contributed by atoms with Crippen molar-refractivity contribution in [1.29, 1.82) is 0 Å². The first-order valence-electron chi connectivity index (χ1n) is 8.93. The van der Waals surface area contributed by atoms with Crippen molar-refractivity contribution in [3.63, 3.8) is 0 Å². The van der Waals surface area contributed by atoms with E-state index in [4.69, 9.17) is 4.74 Å². The van der Waals surface area contributed by atoms with Crippen LogP contribution in [0, 0.1) is 12.8 Å². The molecule has 1 aromatic carbocycles. The summed E-state index contributed by atoms with van der Waals surface area (Å²) in [5, 5.41) is 4.67. The topological polar surface area (TPSA) is 42.7 Å². The lowest BCUT2D eigenvalue weighted by Crippen LogP contribution is -2.34. The van der Waals surface area contributed by atoms with Gasteiger partial charge in [-0.05, 0) is 45.0 Å². The Balaban J connectivity index is 1.57. The Morgan fingerprint density at radius 2 is 2.08 bits per heavy atom. The average molecular weight is 336 g/mol. The van der Waals surface area contributed by atoms with Crippen LogP contribution in [0.1, 0.15) is 18.4 Å². The van der Waals surface area contributed by atoms with Crippen molar-refractivity contribution in [3.05, 3.63) is 48.2 Å². The van der Waals surface area contributed by atoms with Gasteiger partial charge >= 0.3 is 0 Å². The molecule has 0 amide bonds. The number of benzene rings is 1. The number of aryl methyl sites for hydroxylation is 1. The molecule has 2 aromatic heterocycles. The summed E-state index contributed by atoms with van der Waals surface area (Å²) in [5.74, 6) is 1.24. The number of rotatable bonds is 4. The maximum atomic E-state index is 6.01. The molecular formula is C20H24N4O. The van der Waals surface area contributed by atoms with Crippen LogP contribution in [-0.2, 0) is 0 Å².